The molecule has 0 saturated carbocycles. The van der Waals surface area contributed by atoms with Gasteiger partial charge >= 0.3 is 0 Å². The molecule has 2 aromatic rings. The summed E-state index contributed by atoms with van der Waals surface area (Å²) >= 11 is 5.96. The lowest BCUT2D eigenvalue weighted by atomic mass is 10.3. The van der Waals surface area contributed by atoms with Crippen LogP contribution in [-0.4, -0.2) is 10.8 Å². The number of halogens is 1. The number of hydrogen-bond donors (Lipinski definition) is 2. The van der Waals surface area contributed by atoms with Crippen molar-refractivity contribution in [1.82, 2.24) is 4.98 Å². The molecule has 1 aromatic carbocycles. The zero-order valence-corrected chi connectivity index (χ0v) is 9.61. The van der Waals surface area contributed by atoms with Gasteiger partial charge in [0.05, 0.1) is 5.02 Å². The second-order valence-corrected chi connectivity index (χ2v) is 3.71. The van der Waals surface area contributed by atoms with Gasteiger partial charge < -0.3 is 10.5 Å². The molecule has 2 rings (SSSR count). The van der Waals surface area contributed by atoms with Crippen LogP contribution in [0.5, 0.6) is 11.6 Å². The zero-order valence-electron chi connectivity index (χ0n) is 8.85. The molecule has 0 spiro atoms. The SMILES string of the molecule is N=C(N)c1cccc(Oc2ccccc2Cl)n1. The molecule has 0 radical (unpaired) electrons. The predicted molar refractivity (Wildman–Crippen MR) is 66.8 cm³/mol. The first kappa shape index (κ1) is 11.4. The number of amidine groups is 1. The number of rotatable bonds is 3. The minimum Gasteiger partial charge on any atom is -0.437 e. The van der Waals surface area contributed by atoms with Crippen molar-refractivity contribution in [3.05, 3.63) is 53.2 Å². The Balaban J connectivity index is 2.28. The fraction of sp³-hybridized carbons (Fsp3) is 0. The number of ether oxygens (including phenoxy) is 1. The smallest absolute Gasteiger partial charge is 0.219 e. The Hall–Kier alpha value is -2.07. The average molecular weight is 248 g/mol. The van der Waals surface area contributed by atoms with E-state index in [1.807, 2.05) is 12.1 Å². The molecule has 1 aromatic heterocycles. The molecule has 86 valence electrons. The highest BCUT2D eigenvalue weighted by atomic mass is 35.5. The number of nitrogens with two attached hydrogens (primary N) is 1. The molecule has 0 aliphatic carbocycles. The average Bonchev–Trinajstić information content (AvgIpc) is 2.32. The van der Waals surface area contributed by atoms with Crippen molar-refractivity contribution >= 4 is 17.4 Å². The largest absolute Gasteiger partial charge is 0.437 e. The maximum Gasteiger partial charge on any atom is 0.219 e. The van der Waals surface area contributed by atoms with Crippen molar-refractivity contribution in [2.45, 2.75) is 0 Å². The summed E-state index contributed by atoms with van der Waals surface area (Å²) in [6.45, 7) is 0. The summed E-state index contributed by atoms with van der Waals surface area (Å²) in [7, 11) is 0. The van der Waals surface area contributed by atoms with E-state index in [0.717, 1.165) is 0 Å². The summed E-state index contributed by atoms with van der Waals surface area (Å²) in [4.78, 5) is 4.08. The highest BCUT2D eigenvalue weighted by molar-refractivity contribution is 6.32. The molecule has 4 nitrogen and oxygen atoms in total. The highest BCUT2D eigenvalue weighted by Crippen LogP contribution is 2.27. The monoisotopic (exact) mass is 247 g/mol. The van der Waals surface area contributed by atoms with Crippen LogP contribution in [0.4, 0.5) is 0 Å². The number of nitrogen functional groups attached to an aromatic ring is 1. The molecule has 0 bridgehead atoms. The summed E-state index contributed by atoms with van der Waals surface area (Å²) in [5.74, 6) is 0.766. The van der Waals surface area contributed by atoms with Crippen LogP contribution < -0.4 is 10.5 Å². The Labute approximate surface area is 104 Å². The Bertz CT molecular complexity index is 557. The van der Waals surface area contributed by atoms with Crippen LogP contribution in [0.25, 0.3) is 0 Å². The van der Waals surface area contributed by atoms with E-state index in [4.69, 9.17) is 27.5 Å². The summed E-state index contributed by atoms with van der Waals surface area (Å²) < 4.78 is 5.50. The quantitative estimate of drug-likeness (QED) is 0.647. The third kappa shape index (κ3) is 2.73. The number of nitrogens with zero attached hydrogens (tertiary/aromatic N) is 1. The predicted octanol–water partition coefficient (Wildman–Crippen LogP) is 2.81. The number of benzene rings is 1. The molecule has 0 saturated heterocycles. The minimum atomic E-state index is -0.102. The molecule has 1 heterocycles. The van der Waals surface area contributed by atoms with Crippen LogP contribution in [0.1, 0.15) is 5.69 Å². The van der Waals surface area contributed by atoms with Crippen molar-refractivity contribution in [1.29, 1.82) is 5.41 Å². The van der Waals surface area contributed by atoms with Crippen molar-refractivity contribution in [2.24, 2.45) is 5.73 Å². The van der Waals surface area contributed by atoms with E-state index >= 15 is 0 Å². The van der Waals surface area contributed by atoms with Crippen LogP contribution >= 0.6 is 11.6 Å². The van der Waals surface area contributed by atoms with Gasteiger partial charge in [-0.25, -0.2) is 4.98 Å². The van der Waals surface area contributed by atoms with Gasteiger partial charge in [0.25, 0.3) is 0 Å². The molecule has 17 heavy (non-hydrogen) atoms. The second kappa shape index (κ2) is 4.84. The second-order valence-electron chi connectivity index (χ2n) is 3.31. The van der Waals surface area contributed by atoms with Gasteiger partial charge in [0.1, 0.15) is 17.3 Å². The van der Waals surface area contributed by atoms with Crippen LogP contribution in [0.15, 0.2) is 42.5 Å². The summed E-state index contributed by atoms with van der Waals surface area (Å²) in [6, 6.07) is 12.1. The van der Waals surface area contributed by atoms with Crippen LogP contribution in [0, 0.1) is 5.41 Å². The molecule has 5 heteroatoms. The van der Waals surface area contributed by atoms with Gasteiger partial charge in [-0.1, -0.05) is 29.8 Å². The lowest BCUT2D eigenvalue weighted by molar-refractivity contribution is 0.463. The first-order chi connectivity index (χ1) is 8.16. The fourth-order valence-corrected chi connectivity index (χ4v) is 1.44. The van der Waals surface area contributed by atoms with E-state index in [1.54, 1.807) is 30.3 Å². The molecule has 0 unspecified atom stereocenters. The molecular formula is C12H10ClN3O. The Morgan fingerprint density at radius 2 is 1.94 bits per heavy atom. The third-order valence-corrected chi connectivity index (χ3v) is 2.36. The van der Waals surface area contributed by atoms with Gasteiger partial charge in [-0.15, -0.1) is 0 Å². The minimum absolute atomic E-state index is 0.102. The van der Waals surface area contributed by atoms with Gasteiger partial charge in [-0.2, -0.15) is 0 Å². The van der Waals surface area contributed by atoms with Crippen LogP contribution in [0.3, 0.4) is 0 Å². The number of nitrogens with one attached hydrogen (secondary N) is 1. The topological polar surface area (TPSA) is 72.0 Å². The van der Waals surface area contributed by atoms with E-state index in [2.05, 4.69) is 4.98 Å². The van der Waals surface area contributed by atoms with E-state index in [-0.39, 0.29) is 5.84 Å². The molecule has 0 atom stereocenters. The van der Waals surface area contributed by atoms with Crippen molar-refractivity contribution in [3.8, 4) is 11.6 Å². The Kier molecular flexibility index (Phi) is 3.25. The third-order valence-electron chi connectivity index (χ3n) is 2.05. The summed E-state index contributed by atoms with van der Waals surface area (Å²) in [5, 5.41) is 7.79. The molecular weight excluding hydrogens is 238 g/mol. The van der Waals surface area contributed by atoms with Crippen LogP contribution in [-0.2, 0) is 0 Å². The lowest BCUT2D eigenvalue weighted by Crippen LogP contribution is -2.13. The lowest BCUT2D eigenvalue weighted by Gasteiger charge is -2.07. The maximum atomic E-state index is 7.29. The maximum absolute atomic E-state index is 7.29. The molecule has 3 N–H and O–H groups in total. The Morgan fingerprint density at radius 3 is 2.65 bits per heavy atom. The van der Waals surface area contributed by atoms with E-state index in [1.165, 1.54) is 0 Å². The van der Waals surface area contributed by atoms with E-state index in [0.29, 0.717) is 22.3 Å². The normalized spacial score (nSPS) is 9.94. The summed E-state index contributed by atoms with van der Waals surface area (Å²) in [5.41, 5.74) is 5.72. The Morgan fingerprint density at radius 1 is 1.18 bits per heavy atom. The van der Waals surface area contributed by atoms with Crippen molar-refractivity contribution in [3.63, 3.8) is 0 Å². The number of aromatic nitrogens is 1. The number of hydrogen-bond acceptors (Lipinski definition) is 3. The zero-order chi connectivity index (χ0) is 12.3. The van der Waals surface area contributed by atoms with Crippen LogP contribution in [0.2, 0.25) is 5.02 Å². The standard InChI is InChI=1S/C12H10ClN3O/c13-8-4-1-2-6-10(8)17-11-7-3-5-9(16-11)12(14)15/h1-7H,(H3,14,15). The van der Waals surface area contributed by atoms with Gasteiger partial charge in [0.15, 0.2) is 0 Å². The van der Waals surface area contributed by atoms with Crippen molar-refractivity contribution < 1.29 is 4.74 Å². The van der Waals surface area contributed by atoms with Gasteiger partial charge in [-0.3, -0.25) is 5.41 Å². The molecule has 0 aliphatic heterocycles. The number of pyridine rings is 1. The summed E-state index contributed by atoms with van der Waals surface area (Å²) in [6.07, 6.45) is 0. The molecule has 0 amide bonds. The van der Waals surface area contributed by atoms with Crippen molar-refractivity contribution in [2.75, 3.05) is 0 Å². The van der Waals surface area contributed by atoms with Gasteiger partial charge in [-0.05, 0) is 18.2 Å². The van der Waals surface area contributed by atoms with Gasteiger partial charge in [0.2, 0.25) is 5.88 Å². The first-order valence-corrected chi connectivity index (χ1v) is 5.28. The molecule has 0 fully saturated rings. The van der Waals surface area contributed by atoms with E-state index in [9.17, 15) is 0 Å². The highest BCUT2D eigenvalue weighted by Gasteiger charge is 2.04. The van der Waals surface area contributed by atoms with Gasteiger partial charge in [0, 0.05) is 6.07 Å². The first-order valence-electron chi connectivity index (χ1n) is 4.90. The van der Waals surface area contributed by atoms with E-state index < -0.39 is 0 Å². The fourth-order valence-electron chi connectivity index (χ4n) is 1.26. The molecule has 0 aliphatic rings. The number of para-hydroxylation sites is 1.